The summed E-state index contributed by atoms with van der Waals surface area (Å²) >= 11 is 6.33. The van der Waals surface area contributed by atoms with Crippen LogP contribution in [-0.4, -0.2) is 52.5 Å². The largest absolute Gasteiger partial charge is 0.290 e. The lowest BCUT2D eigenvalue weighted by atomic mass is 10.1. The van der Waals surface area contributed by atoms with E-state index < -0.39 is 32.4 Å². The van der Waals surface area contributed by atoms with Crippen LogP contribution in [0.25, 0.3) is 22.2 Å². The predicted molar refractivity (Wildman–Crippen MR) is 129 cm³/mol. The molecule has 0 fully saturated rings. The third-order valence-electron chi connectivity index (χ3n) is 5.73. The Bertz CT molecular complexity index is 1680. The molecule has 0 bridgehead atoms. The Morgan fingerprint density at radius 2 is 1.46 bits per heavy atom. The van der Waals surface area contributed by atoms with Crippen molar-refractivity contribution in [3.63, 3.8) is 0 Å². The summed E-state index contributed by atoms with van der Waals surface area (Å²) in [4.78, 5) is 48.3. The minimum absolute atomic E-state index is 0.0674. The fourth-order valence-electron chi connectivity index (χ4n) is 4.04. The molecule has 5 rings (SSSR count). The van der Waals surface area contributed by atoms with Crippen molar-refractivity contribution in [2.24, 2.45) is 0 Å². The summed E-state index contributed by atoms with van der Waals surface area (Å²) in [5.41, 5.74) is 0.879. The van der Waals surface area contributed by atoms with Crippen LogP contribution >= 0.6 is 11.6 Å². The molecule has 1 aliphatic rings. The lowest BCUT2D eigenvalue weighted by Gasteiger charge is -2.17. The smallest absolute Gasteiger partial charge is 0.261 e. The number of hydrogen-bond donors (Lipinski definition) is 0. The van der Waals surface area contributed by atoms with Gasteiger partial charge in [0.2, 0.25) is 15.0 Å². The van der Waals surface area contributed by atoms with Gasteiger partial charge in [0, 0.05) is 47.1 Å². The number of sulfone groups is 1. The molecule has 0 saturated heterocycles. The number of imide groups is 1. The van der Waals surface area contributed by atoms with Gasteiger partial charge in [-0.15, -0.1) is 0 Å². The van der Waals surface area contributed by atoms with Crippen LogP contribution in [0.4, 0.5) is 0 Å². The van der Waals surface area contributed by atoms with Gasteiger partial charge in [-0.05, 0) is 24.3 Å². The molecule has 0 N–H and O–H groups in total. The molecule has 0 spiro atoms. The highest BCUT2D eigenvalue weighted by molar-refractivity contribution is 7.90. The molecule has 2 amide bonds. The minimum Gasteiger partial charge on any atom is -0.290 e. The number of pyridine rings is 1. The van der Waals surface area contributed by atoms with Crippen molar-refractivity contribution >= 4 is 44.3 Å². The second kappa shape index (κ2) is 8.40. The van der Waals surface area contributed by atoms with Crippen LogP contribution < -0.4 is 5.56 Å². The SMILES string of the molecule is CS(=O)(=O)c1ncc2cc(-c3ccccc3Cl)c(=O)n(CCN3C(=O)c4ccccc4C3=O)c2n1. The van der Waals surface area contributed by atoms with E-state index in [1.807, 2.05) is 0 Å². The normalized spacial score (nSPS) is 13.5. The number of fused-ring (bicyclic) bond motifs is 2. The monoisotopic (exact) mass is 508 g/mol. The van der Waals surface area contributed by atoms with E-state index in [-0.39, 0.29) is 24.3 Å². The lowest BCUT2D eigenvalue weighted by Crippen LogP contribution is -2.35. The molecule has 0 saturated carbocycles. The quantitative estimate of drug-likeness (QED) is 0.300. The second-order valence-electron chi connectivity index (χ2n) is 8.01. The average molecular weight is 509 g/mol. The second-order valence-corrected chi connectivity index (χ2v) is 10.3. The maximum absolute atomic E-state index is 13.6. The number of aromatic nitrogens is 3. The van der Waals surface area contributed by atoms with Crippen LogP contribution in [0.1, 0.15) is 20.7 Å². The van der Waals surface area contributed by atoms with Gasteiger partial charge in [0.05, 0.1) is 11.1 Å². The van der Waals surface area contributed by atoms with Gasteiger partial charge in [-0.3, -0.25) is 23.9 Å². The van der Waals surface area contributed by atoms with Crippen LogP contribution in [0.5, 0.6) is 0 Å². The van der Waals surface area contributed by atoms with Crippen molar-refractivity contribution in [1.82, 2.24) is 19.4 Å². The first-order valence-corrected chi connectivity index (χ1v) is 12.7. The van der Waals surface area contributed by atoms with Gasteiger partial charge in [-0.25, -0.2) is 13.4 Å². The molecule has 35 heavy (non-hydrogen) atoms. The van der Waals surface area contributed by atoms with Gasteiger partial charge in [0.25, 0.3) is 17.4 Å². The molecular weight excluding hydrogens is 492 g/mol. The Kier molecular flexibility index (Phi) is 5.49. The van der Waals surface area contributed by atoms with Crippen molar-refractivity contribution in [3.8, 4) is 11.1 Å². The molecule has 2 aromatic carbocycles. The van der Waals surface area contributed by atoms with Gasteiger partial charge in [0.1, 0.15) is 5.65 Å². The van der Waals surface area contributed by atoms with Gasteiger partial charge in [-0.2, -0.15) is 4.98 Å². The summed E-state index contributed by atoms with van der Waals surface area (Å²) in [6, 6.07) is 14.8. The zero-order valence-electron chi connectivity index (χ0n) is 18.3. The predicted octanol–water partition coefficient (Wildman–Crippen LogP) is 2.81. The molecule has 176 valence electrons. The molecule has 0 radical (unpaired) electrons. The van der Waals surface area contributed by atoms with E-state index >= 15 is 0 Å². The van der Waals surface area contributed by atoms with E-state index in [1.165, 1.54) is 10.8 Å². The van der Waals surface area contributed by atoms with E-state index in [0.29, 0.717) is 27.1 Å². The Balaban J connectivity index is 1.64. The molecule has 0 atom stereocenters. The van der Waals surface area contributed by atoms with E-state index in [0.717, 1.165) is 11.2 Å². The first-order chi connectivity index (χ1) is 16.7. The fourth-order valence-corrected chi connectivity index (χ4v) is 4.78. The summed E-state index contributed by atoms with van der Waals surface area (Å²) in [7, 11) is -3.75. The third-order valence-corrected chi connectivity index (χ3v) is 6.92. The number of benzene rings is 2. The lowest BCUT2D eigenvalue weighted by molar-refractivity contribution is 0.0649. The van der Waals surface area contributed by atoms with Crippen LogP contribution in [0, 0.1) is 0 Å². The Morgan fingerprint density at radius 3 is 2.06 bits per heavy atom. The van der Waals surface area contributed by atoms with Crippen LogP contribution in [0.15, 0.2) is 70.7 Å². The standard InChI is InChI=1S/C24H17ClN4O5S/c1-35(33,34)24-26-13-14-12-18(15-6-4-5-9-19(15)25)23(32)28(20(14)27-24)10-11-29-21(30)16-7-2-3-8-17(16)22(29)31/h2-9,12-13H,10-11H2,1H3. The van der Waals surface area contributed by atoms with Crippen molar-refractivity contribution in [2.75, 3.05) is 12.8 Å². The van der Waals surface area contributed by atoms with E-state index in [2.05, 4.69) is 9.97 Å². The molecule has 11 heteroatoms. The molecule has 3 heterocycles. The van der Waals surface area contributed by atoms with Crippen molar-refractivity contribution in [1.29, 1.82) is 0 Å². The number of rotatable bonds is 5. The summed E-state index contributed by atoms with van der Waals surface area (Å²) in [6.07, 6.45) is 2.28. The summed E-state index contributed by atoms with van der Waals surface area (Å²) in [5, 5.41) is 0.308. The molecule has 2 aromatic heterocycles. The van der Waals surface area contributed by atoms with E-state index in [9.17, 15) is 22.8 Å². The molecule has 1 aliphatic heterocycles. The average Bonchev–Trinajstić information content (AvgIpc) is 3.07. The zero-order valence-corrected chi connectivity index (χ0v) is 19.9. The molecule has 0 unspecified atom stereocenters. The van der Waals surface area contributed by atoms with Crippen molar-refractivity contribution in [3.05, 3.63) is 87.3 Å². The van der Waals surface area contributed by atoms with Gasteiger partial charge < -0.3 is 0 Å². The molecule has 0 aliphatic carbocycles. The van der Waals surface area contributed by atoms with Gasteiger partial charge >= 0.3 is 0 Å². The van der Waals surface area contributed by atoms with Crippen LogP contribution in [0.2, 0.25) is 5.02 Å². The van der Waals surface area contributed by atoms with Crippen LogP contribution in [0.3, 0.4) is 0 Å². The summed E-state index contributed by atoms with van der Waals surface area (Å²) < 4.78 is 25.4. The fraction of sp³-hybridized carbons (Fsp3) is 0.125. The number of nitrogens with zero attached hydrogens (tertiary/aromatic N) is 4. The Hall–Kier alpha value is -3.89. The van der Waals surface area contributed by atoms with Crippen molar-refractivity contribution in [2.45, 2.75) is 11.7 Å². The maximum atomic E-state index is 13.6. The summed E-state index contributed by atoms with van der Waals surface area (Å²) in [6.45, 7) is -0.231. The van der Waals surface area contributed by atoms with Gasteiger partial charge in [-0.1, -0.05) is 41.9 Å². The molecular formula is C24H17ClN4O5S. The first kappa shape index (κ1) is 22.9. The maximum Gasteiger partial charge on any atom is 0.261 e. The molecule has 4 aromatic rings. The van der Waals surface area contributed by atoms with Gasteiger partial charge in [0.15, 0.2) is 0 Å². The topological polar surface area (TPSA) is 119 Å². The molecule has 9 nitrogen and oxygen atoms in total. The highest BCUT2D eigenvalue weighted by Crippen LogP contribution is 2.28. The first-order valence-electron chi connectivity index (χ1n) is 10.5. The minimum atomic E-state index is -3.75. The number of hydrogen-bond acceptors (Lipinski definition) is 7. The Labute approximate surface area is 204 Å². The van der Waals surface area contributed by atoms with E-state index in [1.54, 1.807) is 54.6 Å². The third kappa shape index (κ3) is 3.90. The zero-order chi connectivity index (χ0) is 24.9. The number of carbonyl (C=O) groups excluding carboxylic acids is 2. The highest BCUT2D eigenvalue weighted by atomic mass is 35.5. The highest BCUT2D eigenvalue weighted by Gasteiger charge is 2.35. The van der Waals surface area contributed by atoms with Crippen molar-refractivity contribution < 1.29 is 18.0 Å². The van der Waals surface area contributed by atoms with E-state index in [4.69, 9.17) is 11.6 Å². The summed E-state index contributed by atoms with van der Waals surface area (Å²) in [5.74, 6) is -0.923. The van der Waals surface area contributed by atoms with Crippen LogP contribution in [-0.2, 0) is 16.4 Å². The number of halogens is 1. The number of amides is 2. The number of carbonyl (C=O) groups is 2. The Morgan fingerprint density at radius 1 is 0.857 bits per heavy atom.